The Morgan fingerprint density at radius 3 is 2.45 bits per heavy atom. The van der Waals surface area contributed by atoms with Gasteiger partial charge in [-0.25, -0.2) is 4.79 Å². The van der Waals surface area contributed by atoms with Crippen LogP contribution >= 0.6 is 11.6 Å². The van der Waals surface area contributed by atoms with Crippen molar-refractivity contribution in [2.75, 3.05) is 5.32 Å². The molecule has 0 atom stereocenters. The topological polar surface area (TPSA) is 66.4 Å². The molecule has 1 saturated carbocycles. The summed E-state index contributed by atoms with van der Waals surface area (Å²) in [6.07, 6.45) is 5.01. The lowest BCUT2D eigenvalue weighted by Crippen LogP contribution is -2.35. The Kier molecular flexibility index (Phi) is 4.33. The van der Waals surface area contributed by atoms with Crippen LogP contribution in [0.1, 0.15) is 49.4 Å². The van der Waals surface area contributed by atoms with E-state index in [9.17, 15) is 9.59 Å². The van der Waals surface area contributed by atoms with Crippen molar-refractivity contribution in [2.45, 2.75) is 39.0 Å². The number of halogens is 1. The normalized spacial score (nSPS) is 17.5. The van der Waals surface area contributed by atoms with E-state index >= 15 is 0 Å². The summed E-state index contributed by atoms with van der Waals surface area (Å²) < 4.78 is 0. The van der Waals surface area contributed by atoms with Crippen LogP contribution in [0, 0.1) is 5.41 Å². The maximum absolute atomic E-state index is 12.4. The minimum absolute atomic E-state index is 0.0594. The van der Waals surface area contributed by atoms with Gasteiger partial charge in [-0.2, -0.15) is 0 Å². The number of anilines is 1. The molecule has 20 heavy (non-hydrogen) atoms. The van der Waals surface area contributed by atoms with Crippen molar-refractivity contribution in [3.8, 4) is 0 Å². The second-order valence-corrected chi connectivity index (χ2v) is 6.05. The number of carboxylic acids is 1. The average molecular weight is 296 g/mol. The van der Waals surface area contributed by atoms with E-state index < -0.39 is 5.97 Å². The van der Waals surface area contributed by atoms with Crippen molar-refractivity contribution in [1.29, 1.82) is 0 Å². The largest absolute Gasteiger partial charge is 0.478 e. The van der Waals surface area contributed by atoms with Crippen LogP contribution in [0.5, 0.6) is 0 Å². The molecule has 1 aliphatic rings. The maximum Gasteiger partial charge on any atom is 0.335 e. The van der Waals surface area contributed by atoms with E-state index in [2.05, 4.69) is 5.32 Å². The first-order chi connectivity index (χ1) is 9.40. The molecule has 0 radical (unpaired) electrons. The van der Waals surface area contributed by atoms with Gasteiger partial charge in [-0.15, -0.1) is 0 Å². The van der Waals surface area contributed by atoms with Crippen molar-refractivity contribution in [2.24, 2.45) is 5.41 Å². The molecule has 108 valence electrons. The van der Waals surface area contributed by atoms with Gasteiger partial charge in [-0.05, 0) is 31.0 Å². The van der Waals surface area contributed by atoms with Gasteiger partial charge in [0.2, 0.25) is 5.91 Å². The second kappa shape index (κ2) is 5.83. The van der Waals surface area contributed by atoms with Gasteiger partial charge in [0.1, 0.15) is 0 Å². The molecule has 1 amide bonds. The number of amides is 1. The molecule has 1 aliphatic carbocycles. The van der Waals surface area contributed by atoms with Gasteiger partial charge in [0.25, 0.3) is 0 Å². The molecule has 0 aliphatic heterocycles. The monoisotopic (exact) mass is 295 g/mol. The average Bonchev–Trinajstić information content (AvgIpc) is 2.38. The smallest absolute Gasteiger partial charge is 0.335 e. The Bertz CT molecular complexity index is 536. The van der Waals surface area contributed by atoms with Gasteiger partial charge in [0, 0.05) is 16.1 Å². The summed E-state index contributed by atoms with van der Waals surface area (Å²) in [5.41, 5.74) is 0.137. The number of nitrogens with one attached hydrogen (secondary N) is 1. The fraction of sp³-hybridized carbons (Fsp3) is 0.467. The van der Waals surface area contributed by atoms with E-state index in [0.717, 1.165) is 25.7 Å². The zero-order valence-electron chi connectivity index (χ0n) is 11.4. The number of aromatic carboxylic acids is 1. The van der Waals surface area contributed by atoms with Gasteiger partial charge in [-0.3, -0.25) is 4.79 Å². The molecule has 2 rings (SSSR count). The molecule has 0 bridgehead atoms. The molecular formula is C15H18ClNO3. The molecule has 1 aromatic carbocycles. The molecule has 1 fully saturated rings. The predicted molar refractivity (Wildman–Crippen MR) is 78.2 cm³/mol. The first-order valence-corrected chi connectivity index (χ1v) is 7.14. The summed E-state index contributed by atoms with van der Waals surface area (Å²) in [6.45, 7) is 1.96. The van der Waals surface area contributed by atoms with Crippen LogP contribution < -0.4 is 5.32 Å². The molecule has 1 aromatic rings. The molecular weight excluding hydrogens is 278 g/mol. The van der Waals surface area contributed by atoms with Crippen molar-refractivity contribution in [3.05, 3.63) is 28.8 Å². The number of hydrogen-bond acceptors (Lipinski definition) is 2. The highest BCUT2D eigenvalue weighted by Crippen LogP contribution is 2.37. The third-order valence-corrected chi connectivity index (χ3v) is 4.13. The van der Waals surface area contributed by atoms with Crippen LogP contribution in [0.25, 0.3) is 0 Å². The van der Waals surface area contributed by atoms with Crippen LogP contribution in [0.15, 0.2) is 18.2 Å². The Balaban J connectivity index is 2.17. The number of benzene rings is 1. The van der Waals surface area contributed by atoms with Crippen LogP contribution in [0.2, 0.25) is 5.02 Å². The zero-order valence-corrected chi connectivity index (χ0v) is 12.2. The third-order valence-electron chi connectivity index (χ3n) is 3.91. The summed E-state index contributed by atoms with van der Waals surface area (Å²) in [6, 6.07) is 4.36. The van der Waals surface area contributed by atoms with E-state index in [1.54, 1.807) is 6.07 Å². The number of rotatable bonds is 3. The molecule has 0 unspecified atom stereocenters. The minimum atomic E-state index is -1.06. The van der Waals surface area contributed by atoms with Crippen LogP contribution in [-0.2, 0) is 4.79 Å². The SMILES string of the molecule is CC1(C(=O)Nc2cc(Cl)cc(C(=O)O)c2)CCCCC1. The van der Waals surface area contributed by atoms with Gasteiger partial charge < -0.3 is 10.4 Å². The first kappa shape index (κ1) is 14.9. The Hall–Kier alpha value is -1.55. The first-order valence-electron chi connectivity index (χ1n) is 6.76. The molecule has 0 aromatic heterocycles. The van der Waals surface area contributed by atoms with Crippen LogP contribution in [0.4, 0.5) is 5.69 Å². The van der Waals surface area contributed by atoms with E-state index in [0.29, 0.717) is 10.7 Å². The van der Waals surface area contributed by atoms with E-state index in [-0.39, 0.29) is 16.9 Å². The second-order valence-electron chi connectivity index (χ2n) is 5.61. The van der Waals surface area contributed by atoms with Gasteiger partial charge in [0.05, 0.1) is 5.56 Å². The summed E-state index contributed by atoms with van der Waals surface area (Å²) >= 11 is 5.88. The van der Waals surface area contributed by atoms with Crippen molar-refractivity contribution in [1.82, 2.24) is 0 Å². The highest BCUT2D eigenvalue weighted by atomic mass is 35.5. The highest BCUT2D eigenvalue weighted by Gasteiger charge is 2.34. The summed E-state index contributed by atoms with van der Waals surface area (Å²) in [4.78, 5) is 23.4. The third kappa shape index (κ3) is 3.31. The zero-order chi connectivity index (χ0) is 14.8. The number of carboxylic acid groups (broad SMARTS) is 1. The van der Waals surface area contributed by atoms with Crippen molar-refractivity contribution >= 4 is 29.2 Å². The van der Waals surface area contributed by atoms with Gasteiger partial charge in [0.15, 0.2) is 0 Å². The fourth-order valence-corrected chi connectivity index (χ4v) is 2.86. The lowest BCUT2D eigenvalue weighted by molar-refractivity contribution is -0.126. The Morgan fingerprint density at radius 1 is 1.20 bits per heavy atom. The highest BCUT2D eigenvalue weighted by molar-refractivity contribution is 6.31. The van der Waals surface area contributed by atoms with E-state index in [1.807, 2.05) is 6.92 Å². The van der Waals surface area contributed by atoms with Crippen LogP contribution in [-0.4, -0.2) is 17.0 Å². The summed E-state index contributed by atoms with van der Waals surface area (Å²) in [7, 11) is 0. The number of hydrogen-bond donors (Lipinski definition) is 2. The Morgan fingerprint density at radius 2 is 1.85 bits per heavy atom. The predicted octanol–water partition coefficient (Wildman–Crippen LogP) is 3.95. The molecule has 0 spiro atoms. The number of carbonyl (C=O) groups is 2. The van der Waals surface area contributed by atoms with Gasteiger partial charge >= 0.3 is 5.97 Å². The van der Waals surface area contributed by atoms with E-state index in [1.165, 1.54) is 18.6 Å². The summed E-state index contributed by atoms with van der Waals surface area (Å²) in [5.74, 6) is -1.12. The lowest BCUT2D eigenvalue weighted by Gasteiger charge is -2.32. The standard InChI is InChI=1S/C15H18ClNO3/c1-15(5-3-2-4-6-15)14(20)17-12-8-10(13(18)19)7-11(16)9-12/h7-9H,2-6H2,1H3,(H,17,20)(H,18,19). The molecule has 4 nitrogen and oxygen atoms in total. The fourth-order valence-electron chi connectivity index (χ4n) is 2.63. The molecule has 2 N–H and O–H groups in total. The van der Waals surface area contributed by atoms with Crippen LogP contribution in [0.3, 0.4) is 0 Å². The summed E-state index contributed by atoms with van der Waals surface area (Å²) in [5, 5.41) is 12.1. The maximum atomic E-state index is 12.4. The van der Waals surface area contributed by atoms with Crippen molar-refractivity contribution in [3.63, 3.8) is 0 Å². The quantitative estimate of drug-likeness (QED) is 0.887. The molecule has 5 heteroatoms. The number of carbonyl (C=O) groups excluding carboxylic acids is 1. The van der Waals surface area contributed by atoms with Gasteiger partial charge in [-0.1, -0.05) is 37.8 Å². The Labute approximate surface area is 123 Å². The van der Waals surface area contributed by atoms with Crippen molar-refractivity contribution < 1.29 is 14.7 Å². The molecule has 0 heterocycles. The van der Waals surface area contributed by atoms with E-state index in [4.69, 9.17) is 16.7 Å². The lowest BCUT2D eigenvalue weighted by atomic mass is 9.75. The molecule has 0 saturated heterocycles. The minimum Gasteiger partial charge on any atom is -0.478 e.